The number of hydrogen-bond donors (Lipinski definition) is 1. The van der Waals surface area contributed by atoms with Gasteiger partial charge < -0.3 is 19.7 Å². The van der Waals surface area contributed by atoms with E-state index in [1.807, 2.05) is 50.5 Å². The monoisotopic (exact) mass is 382 g/mol. The number of halogens is 2. The number of nitrogens with zero attached hydrogens (tertiary/aromatic N) is 1. The van der Waals surface area contributed by atoms with Crippen molar-refractivity contribution >= 4 is 23.2 Å². The molecule has 0 fully saturated rings. The molecular weight excluding hydrogens is 359 g/mol. The van der Waals surface area contributed by atoms with E-state index in [9.17, 15) is 0 Å². The van der Waals surface area contributed by atoms with Crippen molar-refractivity contribution in [3.63, 3.8) is 0 Å². The Morgan fingerprint density at radius 1 is 1.04 bits per heavy atom. The van der Waals surface area contributed by atoms with E-state index in [0.29, 0.717) is 28.2 Å². The molecule has 4 nitrogen and oxygen atoms in total. The zero-order valence-electron chi connectivity index (χ0n) is 14.8. The smallest absolute Gasteiger partial charge is 0.180 e. The van der Waals surface area contributed by atoms with E-state index in [1.54, 1.807) is 7.11 Å². The van der Waals surface area contributed by atoms with Gasteiger partial charge in [-0.25, -0.2) is 0 Å². The summed E-state index contributed by atoms with van der Waals surface area (Å²) in [5, 5.41) is 4.62. The van der Waals surface area contributed by atoms with E-state index in [-0.39, 0.29) is 0 Å². The summed E-state index contributed by atoms with van der Waals surface area (Å²) in [7, 11) is 5.72. The van der Waals surface area contributed by atoms with Crippen LogP contribution in [0.3, 0.4) is 0 Å². The highest BCUT2D eigenvalue weighted by molar-refractivity contribution is 6.32. The first-order valence-electron chi connectivity index (χ1n) is 8.08. The van der Waals surface area contributed by atoms with Crippen LogP contribution < -0.4 is 14.8 Å². The minimum absolute atomic E-state index is 0.397. The number of ether oxygens (including phenoxy) is 2. The van der Waals surface area contributed by atoms with Crippen molar-refractivity contribution in [2.24, 2.45) is 0 Å². The van der Waals surface area contributed by atoms with Gasteiger partial charge in [0, 0.05) is 24.7 Å². The average Bonchev–Trinajstić information content (AvgIpc) is 2.58. The van der Waals surface area contributed by atoms with E-state index in [0.717, 1.165) is 30.8 Å². The Morgan fingerprint density at radius 3 is 2.40 bits per heavy atom. The average molecular weight is 383 g/mol. The molecule has 2 rings (SSSR count). The van der Waals surface area contributed by atoms with Gasteiger partial charge in [-0.05, 0) is 49.5 Å². The number of likely N-dealkylation sites (N-methyl/N-ethyl adjacent to an activating group) is 1. The van der Waals surface area contributed by atoms with Crippen molar-refractivity contribution in [1.82, 2.24) is 10.2 Å². The van der Waals surface area contributed by atoms with Crippen LogP contribution in [0.2, 0.25) is 10.0 Å². The molecule has 0 amide bonds. The Kier molecular flexibility index (Phi) is 7.85. The Morgan fingerprint density at radius 2 is 1.76 bits per heavy atom. The molecule has 2 aromatic rings. The molecule has 1 N–H and O–H groups in total. The van der Waals surface area contributed by atoms with Crippen molar-refractivity contribution in [2.45, 2.75) is 13.2 Å². The van der Waals surface area contributed by atoms with Crippen LogP contribution in [0.5, 0.6) is 11.5 Å². The normalized spacial score (nSPS) is 11.0. The second-order valence-corrected chi connectivity index (χ2v) is 6.85. The van der Waals surface area contributed by atoms with Crippen LogP contribution in [0.1, 0.15) is 11.1 Å². The summed E-state index contributed by atoms with van der Waals surface area (Å²) in [6.07, 6.45) is 0. The predicted octanol–water partition coefficient (Wildman–Crippen LogP) is 4.23. The summed E-state index contributed by atoms with van der Waals surface area (Å²) in [5.74, 6) is 1.18. The van der Waals surface area contributed by atoms with Crippen LogP contribution in [0, 0.1) is 0 Å². The third kappa shape index (κ3) is 6.40. The molecule has 6 heteroatoms. The lowest BCUT2D eigenvalue weighted by Gasteiger charge is -2.15. The summed E-state index contributed by atoms with van der Waals surface area (Å²) >= 11 is 12.3. The lowest BCUT2D eigenvalue weighted by Crippen LogP contribution is -2.26. The van der Waals surface area contributed by atoms with Gasteiger partial charge >= 0.3 is 0 Å². The number of methoxy groups -OCH3 is 1. The second kappa shape index (κ2) is 9.88. The molecule has 0 atom stereocenters. The zero-order chi connectivity index (χ0) is 18.2. The third-order valence-electron chi connectivity index (χ3n) is 3.65. The zero-order valence-corrected chi connectivity index (χ0v) is 16.3. The Hall–Kier alpha value is -1.46. The lowest BCUT2D eigenvalue weighted by atomic mass is 10.2. The Bertz CT molecular complexity index is 676. The first kappa shape index (κ1) is 19.9. The highest BCUT2D eigenvalue weighted by Gasteiger charge is 2.12. The SMILES string of the molecule is COc1cc(CNCCN(C)C)cc(Cl)c1OCc1ccc(Cl)cc1. The van der Waals surface area contributed by atoms with Crippen molar-refractivity contribution < 1.29 is 9.47 Å². The van der Waals surface area contributed by atoms with E-state index < -0.39 is 0 Å². The van der Waals surface area contributed by atoms with Gasteiger partial charge in [0.15, 0.2) is 11.5 Å². The molecule has 0 aliphatic heterocycles. The van der Waals surface area contributed by atoms with E-state index in [2.05, 4.69) is 10.2 Å². The number of hydrogen-bond acceptors (Lipinski definition) is 4. The topological polar surface area (TPSA) is 33.7 Å². The minimum atomic E-state index is 0.397. The maximum atomic E-state index is 6.41. The van der Waals surface area contributed by atoms with E-state index in [4.69, 9.17) is 32.7 Å². The molecule has 136 valence electrons. The molecular formula is C19H24Cl2N2O2. The van der Waals surface area contributed by atoms with Crippen LogP contribution in [0.4, 0.5) is 0 Å². The van der Waals surface area contributed by atoms with Crippen molar-refractivity contribution in [3.8, 4) is 11.5 Å². The van der Waals surface area contributed by atoms with Crippen molar-refractivity contribution in [3.05, 3.63) is 57.6 Å². The Balaban J connectivity index is 2.01. The standard InChI is InChI=1S/C19H24Cl2N2O2/c1-23(2)9-8-22-12-15-10-17(21)19(18(11-15)24-3)25-13-14-4-6-16(20)7-5-14/h4-7,10-11,22H,8-9,12-13H2,1-3H3. The van der Waals surface area contributed by atoms with Gasteiger partial charge in [-0.15, -0.1) is 0 Å². The van der Waals surface area contributed by atoms with Crippen LogP contribution in [-0.4, -0.2) is 39.2 Å². The molecule has 0 heterocycles. The fourth-order valence-corrected chi connectivity index (χ4v) is 2.70. The molecule has 0 saturated carbocycles. The predicted molar refractivity (Wildman–Crippen MR) is 104 cm³/mol. The quantitative estimate of drug-likeness (QED) is 0.657. The van der Waals surface area contributed by atoms with Gasteiger partial charge in [0.2, 0.25) is 0 Å². The van der Waals surface area contributed by atoms with Gasteiger partial charge in [-0.3, -0.25) is 0 Å². The summed E-state index contributed by atoms with van der Waals surface area (Å²) in [5.41, 5.74) is 2.07. The molecule has 0 aliphatic rings. The van der Waals surface area contributed by atoms with Gasteiger partial charge in [0.25, 0.3) is 0 Å². The largest absolute Gasteiger partial charge is 0.493 e. The molecule has 0 spiro atoms. The number of nitrogens with one attached hydrogen (secondary N) is 1. The lowest BCUT2D eigenvalue weighted by molar-refractivity contribution is 0.284. The summed E-state index contributed by atoms with van der Waals surface area (Å²) in [6.45, 7) is 3.00. The molecule has 0 aliphatic carbocycles. The molecule has 0 aromatic heterocycles. The van der Waals surface area contributed by atoms with Gasteiger partial charge in [0.05, 0.1) is 12.1 Å². The summed E-state index contributed by atoms with van der Waals surface area (Å²) in [4.78, 5) is 2.13. The minimum Gasteiger partial charge on any atom is -0.493 e. The molecule has 0 bridgehead atoms. The molecule has 2 aromatic carbocycles. The molecule has 0 saturated heterocycles. The summed E-state index contributed by atoms with van der Waals surface area (Å²) in [6, 6.07) is 11.4. The first-order chi connectivity index (χ1) is 12.0. The van der Waals surface area contributed by atoms with E-state index in [1.165, 1.54) is 0 Å². The summed E-state index contributed by atoms with van der Waals surface area (Å²) < 4.78 is 11.3. The van der Waals surface area contributed by atoms with Crippen molar-refractivity contribution in [1.29, 1.82) is 0 Å². The highest BCUT2D eigenvalue weighted by Crippen LogP contribution is 2.37. The molecule has 0 radical (unpaired) electrons. The van der Waals surface area contributed by atoms with Crippen LogP contribution in [0.15, 0.2) is 36.4 Å². The van der Waals surface area contributed by atoms with E-state index >= 15 is 0 Å². The Labute approximate surface area is 159 Å². The maximum Gasteiger partial charge on any atom is 0.180 e. The number of benzene rings is 2. The highest BCUT2D eigenvalue weighted by atomic mass is 35.5. The fourth-order valence-electron chi connectivity index (χ4n) is 2.29. The first-order valence-corrected chi connectivity index (χ1v) is 8.84. The number of rotatable bonds is 9. The van der Waals surface area contributed by atoms with Gasteiger partial charge in [0.1, 0.15) is 6.61 Å². The van der Waals surface area contributed by atoms with Crippen molar-refractivity contribution in [2.75, 3.05) is 34.3 Å². The van der Waals surface area contributed by atoms with Gasteiger partial charge in [-0.2, -0.15) is 0 Å². The van der Waals surface area contributed by atoms with Gasteiger partial charge in [-0.1, -0.05) is 35.3 Å². The van der Waals surface area contributed by atoms with Crippen LogP contribution in [-0.2, 0) is 13.2 Å². The van der Waals surface area contributed by atoms with Crippen LogP contribution in [0.25, 0.3) is 0 Å². The third-order valence-corrected chi connectivity index (χ3v) is 4.18. The fraction of sp³-hybridized carbons (Fsp3) is 0.368. The molecule has 0 unspecified atom stereocenters. The maximum absolute atomic E-state index is 6.41. The second-order valence-electron chi connectivity index (χ2n) is 6.00. The van der Waals surface area contributed by atoms with Crippen LogP contribution >= 0.6 is 23.2 Å². The molecule has 25 heavy (non-hydrogen) atoms.